The van der Waals surface area contributed by atoms with Gasteiger partial charge in [-0.05, 0) is 57.4 Å². The van der Waals surface area contributed by atoms with Crippen LogP contribution in [0.15, 0.2) is 41.2 Å². The lowest BCUT2D eigenvalue weighted by Gasteiger charge is -2.41. The van der Waals surface area contributed by atoms with Crippen LogP contribution in [-0.2, 0) is 0 Å². The third-order valence-corrected chi connectivity index (χ3v) is 5.30. The number of benzene rings is 1. The molecule has 1 aliphatic heterocycles. The first kappa shape index (κ1) is 26.8. The van der Waals surface area contributed by atoms with Gasteiger partial charge in [-0.25, -0.2) is 0 Å². The van der Waals surface area contributed by atoms with E-state index in [9.17, 15) is 5.11 Å². The van der Waals surface area contributed by atoms with Crippen LogP contribution in [0.5, 0.6) is 5.75 Å². The molecular weight excluding hydrogens is 426 g/mol. The number of furan rings is 1. The van der Waals surface area contributed by atoms with E-state index in [0.717, 1.165) is 23.8 Å². The lowest BCUT2D eigenvalue weighted by molar-refractivity contribution is 0.297. The third-order valence-electron chi connectivity index (χ3n) is 5.30. The summed E-state index contributed by atoms with van der Waals surface area (Å²) in [6.07, 6.45) is 9.93. The molecule has 184 valence electrons. The fraction of sp³-hybridized carbons (Fsp3) is 0.370. The predicted molar refractivity (Wildman–Crippen MR) is 144 cm³/mol. The summed E-state index contributed by atoms with van der Waals surface area (Å²) in [5, 5.41) is 21.4. The number of hydrogen-bond acceptors (Lipinski definition) is 7. The second kappa shape index (κ2) is 10.7. The molecule has 1 aliphatic rings. The summed E-state index contributed by atoms with van der Waals surface area (Å²) in [6, 6.07) is 4.92. The van der Waals surface area contributed by atoms with Gasteiger partial charge >= 0.3 is 0 Å². The molecule has 7 heteroatoms. The molecule has 1 aromatic heterocycles. The lowest BCUT2D eigenvalue weighted by atomic mass is 9.81. The van der Waals surface area contributed by atoms with Crippen LogP contribution in [0.1, 0.15) is 76.8 Å². The first-order valence-corrected chi connectivity index (χ1v) is 11.5. The molecule has 0 spiro atoms. The Labute approximate surface area is 202 Å². The van der Waals surface area contributed by atoms with E-state index in [2.05, 4.69) is 52.9 Å². The van der Waals surface area contributed by atoms with E-state index in [1.165, 1.54) is 18.7 Å². The maximum atomic E-state index is 10.4. The molecule has 0 unspecified atom stereocenters. The highest BCUT2D eigenvalue weighted by Gasteiger charge is 2.33. The Bertz CT molecular complexity index is 1120. The van der Waals surface area contributed by atoms with E-state index in [-0.39, 0.29) is 16.8 Å². The van der Waals surface area contributed by atoms with Crippen LogP contribution in [0.3, 0.4) is 0 Å². The molecule has 2 aromatic rings. The molecule has 1 aromatic carbocycles. The van der Waals surface area contributed by atoms with Crippen molar-refractivity contribution in [3.8, 4) is 5.75 Å². The average Bonchev–Trinajstić information content (AvgIpc) is 3.07. The summed E-state index contributed by atoms with van der Waals surface area (Å²) in [6.45, 7) is 12.8. The maximum absolute atomic E-state index is 10.4. The van der Waals surface area contributed by atoms with Crippen molar-refractivity contribution in [3.05, 3.63) is 59.2 Å². The third kappa shape index (κ3) is 6.32. The van der Waals surface area contributed by atoms with Crippen molar-refractivity contribution in [1.29, 1.82) is 5.41 Å². The summed E-state index contributed by atoms with van der Waals surface area (Å²) < 4.78 is 5.73. The van der Waals surface area contributed by atoms with E-state index < -0.39 is 0 Å². The predicted octanol–water partition coefficient (Wildman–Crippen LogP) is 5.32. The van der Waals surface area contributed by atoms with E-state index in [4.69, 9.17) is 27.0 Å². The zero-order valence-electron chi connectivity index (χ0n) is 21.1. The molecule has 7 nitrogen and oxygen atoms in total. The highest BCUT2D eigenvalue weighted by atomic mass is 16.3. The van der Waals surface area contributed by atoms with Gasteiger partial charge in [0.2, 0.25) is 0 Å². The van der Waals surface area contributed by atoms with Crippen molar-refractivity contribution in [2.75, 3.05) is 5.73 Å². The number of allylic oxidation sites excluding steroid dienone is 1. The molecule has 3 rings (SSSR count). The van der Waals surface area contributed by atoms with E-state index >= 15 is 0 Å². The zero-order chi connectivity index (χ0) is 25.7. The van der Waals surface area contributed by atoms with Gasteiger partial charge in [-0.2, -0.15) is 0 Å². The van der Waals surface area contributed by atoms with Crippen molar-refractivity contribution in [2.45, 2.75) is 65.5 Å². The topological polar surface area (TPSA) is 147 Å². The molecule has 0 bridgehead atoms. The number of anilines is 1. The Morgan fingerprint density at radius 3 is 2.41 bits per heavy atom. The van der Waals surface area contributed by atoms with E-state index in [1.54, 1.807) is 24.5 Å². The molecule has 0 radical (unpaired) electrons. The first-order valence-electron chi connectivity index (χ1n) is 11.5. The summed E-state index contributed by atoms with van der Waals surface area (Å²) in [7, 11) is 0. The molecule has 0 amide bonds. The summed E-state index contributed by atoms with van der Waals surface area (Å²) >= 11 is 0. The smallest absolute Gasteiger partial charge is 0.152 e. The molecule has 0 aliphatic carbocycles. The summed E-state index contributed by atoms with van der Waals surface area (Å²) in [5.41, 5.74) is 22.3. The minimum Gasteiger partial charge on any atom is -0.507 e. The second-order valence-corrected chi connectivity index (χ2v) is 9.81. The Hall–Kier alpha value is -3.45. The van der Waals surface area contributed by atoms with Gasteiger partial charge < -0.3 is 37.5 Å². The number of aromatic hydroxyl groups is 1. The quantitative estimate of drug-likeness (QED) is 0.329. The molecule has 9 N–H and O–H groups in total. The van der Waals surface area contributed by atoms with Crippen molar-refractivity contribution >= 4 is 34.8 Å². The molecule has 0 saturated carbocycles. The minimum atomic E-state index is -0.170. The number of hydrogen-bond donors (Lipinski definition) is 6. The van der Waals surface area contributed by atoms with Crippen LogP contribution in [0, 0.1) is 5.41 Å². The van der Waals surface area contributed by atoms with Crippen LogP contribution in [-0.4, -0.2) is 22.4 Å². The van der Waals surface area contributed by atoms with Crippen LogP contribution >= 0.6 is 0 Å². The van der Waals surface area contributed by atoms with Gasteiger partial charge in [0.15, 0.2) is 5.76 Å². The molecule has 34 heavy (non-hydrogen) atoms. The van der Waals surface area contributed by atoms with Gasteiger partial charge in [0.25, 0.3) is 0 Å². The van der Waals surface area contributed by atoms with Gasteiger partial charge in [-0.3, -0.25) is 0 Å². The largest absolute Gasteiger partial charge is 0.507 e. The Morgan fingerprint density at radius 2 is 1.88 bits per heavy atom. The number of phenols is 1. The van der Waals surface area contributed by atoms with Crippen molar-refractivity contribution in [3.63, 3.8) is 0 Å². The van der Waals surface area contributed by atoms with Gasteiger partial charge in [0.05, 0.1) is 5.69 Å². The number of nitrogen functional groups attached to an aromatic ring is 1. The van der Waals surface area contributed by atoms with E-state index in [0.29, 0.717) is 33.8 Å². The van der Waals surface area contributed by atoms with Crippen molar-refractivity contribution in [1.82, 2.24) is 5.32 Å². The standard InChI is InChI=1S/C24H31N5O2.C3H8/c1-23(2)9-15(10-24(3,4)29-23)18-13-31-21(22(18)28)8-19(27)17-6-5-14(7-20(17)30)16(11-25)12-26;1-3-2/h5-9,11-13,25,29-30H,10,26-28H2,1-4H3;3H2,1-2H3/b16-12+,19-8-,25-11?;. The van der Waals surface area contributed by atoms with Crippen LogP contribution in [0.2, 0.25) is 0 Å². The molecular formula is C27H39N5O2. The molecule has 0 fully saturated rings. The Morgan fingerprint density at radius 1 is 1.24 bits per heavy atom. The number of phenolic OH excluding ortho intramolecular Hbond substituents is 1. The van der Waals surface area contributed by atoms with Crippen LogP contribution in [0.25, 0.3) is 22.9 Å². The van der Waals surface area contributed by atoms with Gasteiger partial charge in [-0.15, -0.1) is 0 Å². The number of rotatable bonds is 5. The van der Waals surface area contributed by atoms with E-state index in [1.807, 2.05) is 0 Å². The second-order valence-electron chi connectivity index (χ2n) is 9.81. The fourth-order valence-electron chi connectivity index (χ4n) is 4.23. The SMILES string of the molecule is CC1(C)C=C(c2coc(/C=C(\N)c3ccc(/C(C=N)=C/N)cc3O)c2N)CC(C)(C)N1.CCC. The summed E-state index contributed by atoms with van der Waals surface area (Å²) in [5.74, 6) is 0.412. The van der Waals surface area contributed by atoms with Crippen molar-refractivity contribution in [2.24, 2.45) is 11.5 Å². The van der Waals surface area contributed by atoms with Gasteiger partial charge in [-0.1, -0.05) is 32.4 Å². The normalized spacial score (nSPS) is 17.4. The molecule has 2 heterocycles. The number of nitrogens with two attached hydrogens (primary N) is 3. The summed E-state index contributed by atoms with van der Waals surface area (Å²) in [4.78, 5) is 0. The zero-order valence-corrected chi connectivity index (χ0v) is 21.1. The number of nitrogens with one attached hydrogen (secondary N) is 2. The monoisotopic (exact) mass is 465 g/mol. The molecule has 0 atom stereocenters. The highest BCUT2D eigenvalue weighted by molar-refractivity contribution is 6.08. The van der Waals surface area contributed by atoms with Crippen LogP contribution in [0.4, 0.5) is 5.69 Å². The fourth-order valence-corrected chi connectivity index (χ4v) is 4.23. The maximum Gasteiger partial charge on any atom is 0.152 e. The Balaban J connectivity index is 0.00000129. The minimum absolute atomic E-state index is 0.0256. The van der Waals surface area contributed by atoms with Crippen LogP contribution < -0.4 is 22.5 Å². The van der Waals surface area contributed by atoms with Crippen molar-refractivity contribution < 1.29 is 9.52 Å². The van der Waals surface area contributed by atoms with Gasteiger partial charge in [0.1, 0.15) is 12.0 Å². The first-order chi connectivity index (χ1) is 15.9. The van der Waals surface area contributed by atoms with Gasteiger partial charge in [0, 0.05) is 52.0 Å². The molecule has 0 saturated heterocycles. The average molecular weight is 466 g/mol. The highest BCUT2D eigenvalue weighted by Crippen LogP contribution is 2.38. The Kier molecular flexibility index (Phi) is 8.40. The lowest BCUT2D eigenvalue weighted by Crippen LogP contribution is -2.53.